The van der Waals surface area contributed by atoms with E-state index in [0.717, 1.165) is 75.6 Å². The van der Waals surface area contributed by atoms with E-state index < -0.39 is 0 Å². The molecule has 0 spiro atoms. The van der Waals surface area contributed by atoms with Crippen LogP contribution in [0.25, 0.3) is 0 Å². The first-order valence-corrected chi connectivity index (χ1v) is 8.50. The Hall–Kier alpha value is -1.33. The number of pyridine rings is 1. The molecule has 0 atom stereocenters. The Bertz CT molecular complexity index is 472. The minimum atomic E-state index is 0.456. The highest BCUT2D eigenvalue weighted by atomic mass is 16.5. The van der Waals surface area contributed by atoms with Crippen molar-refractivity contribution in [3.8, 4) is 5.75 Å². The molecule has 1 saturated heterocycles. The van der Waals surface area contributed by atoms with Crippen LogP contribution in [-0.4, -0.2) is 44.4 Å². The zero-order chi connectivity index (χ0) is 15.2. The van der Waals surface area contributed by atoms with Crippen molar-refractivity contribution in [2.45, 2.75) is 44.6 Å². The molecule has 3 heterocycles. The lowest BCUT2D eigenvalue weighted by atomic mass is 10.0. The lowest BCUT2D eigenvalue weighted by molar-refractivity contribution is 0.0170. The van der Waals surface area contributed by atoms with Gasteiger partial charge in [-0.2, -0.15) is 0 Å². The number of aromatic nitrogens is 1. The van der Waals surface area contributed by atoms with Crippen LogP contribution in [0.4, 0.5) is 5.82 Å². The first-order valence-electron chi connectivity index (χ1n) is 8.50. The van der Waals surface area contributed by atoms with E-state index in [1.807, 2.05) is 0 Å². The minimum absolute atomic E-state index is 0.456. The molecule has 5 heteroatoms. The predicted octanol–water partition coefficient (Wildman–Crippen LogP) is 2.15. The number of nitrogens with zero attached hydrogens (tertiary/aromatic N) is 1. The van der Waals surface area contributed by atoms with Gasteiger partial charge in [-0.15, -0.1) is 0 Å². The Morgan fingerprint density at radius 1 is 1.27 bits per heavy atom. The number of hydrogen-bond acceptors (Lipinski definition) is 5. The topological polar surface area (TPSA) is 55.4 Å². The van der Waals surface area contributed by atoms with E-state index in [4.69, 9.17) is 14.5 Å². The Labute approximate surface area is 132 Å². The molecule has 2 aliphatic rings. The zero-order valence-electron chi connectivity index (χ0n) is 13.5. The molecule has 1 aromatic rings. The molecule has 22 heavy (non-hydrogen) atoms. The van der Waals surface area contributed by atoms with Crippen LogP contribution in [0.1, 0.15) is 36.9 Å². The van der Waals surface area contributed by atoms with Crippen LogP contribution in [0, 0.1) is 0 Å². The van der Waals surface area contributed by atoms with Crippen molar-refractivity contribution in [1.82, 2.24) is 10.3 Å². The number of nitrogens with one attached hydrogen (secondary N) is 2. The molecule has 0 amide bonds. The van der Waals surface area contributed by atoms with Crippen LogP contribution in [0.2, 0.25) is 0 Å². The predicted molar refractivity (Wildman–Crippen MR) is 87.8 cm³/mol. The maximum absolute atomic E-state index is 5.73. The van der Waals surface area contributed by atoms with Crippen LogP contribution in [0.5, 0.6) is 5.75 Å². The molecule has 1 aromatic heterocycles. The summed E-state index contributed by atoms with van der Waals surface area (Å²) in [6, 6.07) is 2.11. The fourth-order valence-electron chi connectivity index (χ4n) is 2.98. The third-order valence-electron chi connectivity index (χ3n) is 4.43. The van der Waals surface area contributed by atoms with E-state index in [0.29, 0.717) is 6.10 Å². The van der Waals surface area contributed by atoms with Gasteiger partial charge in [0.15, 0.2) is 0 Å². The van der Waals surface area contributed by atoms with E-state index in [2.05, 4.69) is 16.7 Å². The fourth-order valence-corrected chi connectivity index (χ4v) is 2.98. The molecule has 3 rings (SSSR count). The number of unbranched alkanes of at least 4 members (excludes halogenated alkanes) is 2. The third-order valence-corrected chi connectivity index (χ3v) is 4.43. The maximum atomic E-state index is 5.73. The summed E-state index contributed by atoms with van der Waals surface area (Å²) < 4.78 is 11.3. The highest BCUT2D eigenvalue weighted by molar-refractivity contribution is 5.54. The molecule has 122 valence electrons. The maximum Gasteiger partial charge on any atom is 0.133 e. The first kappa shape index (κ1) is 15.6. The Kier molecular flexibility index (Phi) is 5.51. The van der Waals surface area contributed by atoms with Gasteiger partial charge in [-0.25, -0.2) is 4.98 Å². The number of anilines is 1. The molecule has 0 bridgehead atoms. The molecule has 0 saturated carbocycles. The van der Waals surface area contributed by atoms with Crippen molar-refractivity contribution in [3.05, 3.63) is 17.3 Å². The average Bonchev–Trinajstić information content (AvgIpc) is 2.51. The second kappa shape index (κ2) is 7.79. The Morgan fingerprint density at radius 2 is 2.18 bits per heavy atom. The largest absolute Gasteiger partial charge is 0.496 e. The van der Waals surface area contributed by atoms with E-state index in [9.17, 15) is 0 Å². The number of rotatable bonds is 8. The van der Waals surface area contributed by atoms with Crippen molar-refractivity contribution >= 4 is 5.82 Å². The van der Waals surface area contributed by atoms with E-state index in [-0.39, 0.29) is 0 Å². The quantitative estimate of drug-likeness (QED) is 0.721. The van der Waals surface area contributed by atoms with Crippen LogP contribution in [0.15, 0.2) is 6.07 Å². The average molecular weight is 305 g/mol. The van der Waals surface area contributed by atoms with Crippen LogP contribution < -0.4 is 15.4 Å². The summed E-state index contributed by atoms with van der Waals surface area (Å²) in [4.78, 5) is 4.76. The lowest BCUT2D eigenvalue weighted by Gasteiger charge is -2.27. The fraction of sp³-hybridized carbons (Fsp3) is 0.706. The molecule has 1 fully saturated rings. The highest BCUT2D eigenvalue weighted by Crippen LogP contribution is 2.30. The Balaban J connectivity index is 1.43. The van der Waals surface area contributed by atoms with Gasteiger partial charge >= 0.3 is 0 Å². The van der Waals surface area contributed by atoms with Gasteiger partial charge in [-0.05, 0) is 32.1 Å². The molecule has 0 radical (unpaired) electrons. The van der Waals surface area contributed by atoms with Gasteiger partial charge in [0.05, 0.1) is 13.2 Å². The molecule has 2 aliphatic heterocycles. The monoisotopic (exact) mass is 305 g/mol. The summed E-state index contributed by atoms with van der Waals surface area (Å²) >= 11 is 0. The lowest BCUT2D eigenvalue weighted by Crippen LogP contribution is -2.48. The van der Waals surface area contributed by atoms with Gasteiger partial charge < -0.3 is 20.1 Å². The summed E-state index contributed by atoms with van der Waals surface area (Å²) in [5, 5.41) is 6.62. The zero-order valence-corrected chi connectivity index (χ0v) is 13.5. The summed E-state index contributed by atoms with van der Waals surface area (Å²) in [5.41, 5.74) is 2.37. The second-order valence-corrected chi connectivity index (χ2v) is 6.14. The van der Waals surface area contributed by atoms with Gasteiger partial charge in [0.25, 0.3) is 0 Å². The van der Waals surface area contributed by atoms with Crippen molar-refractivity contribution in [1.29, 1.82) is 0 Å². The standard InChI is InChI=1S/C17H27N3O2/c1-21-16-10-13(20-17-15(16)7-5-8-19-17)6-3-2-4-9-22-14-11-18-12-14/h10,14,18H,2-9,11-12H2,1H3,(H,19,20). The summed E-state index contributed by atoms with van der Waals surface area (Å²) in [7, 11) is 1.75. The molecular weight excluding hydrogens is 278 g/mol. The van der Waals surface area contributed by atoms with Crippen molar-refractivity contribution in [2.24, 2.45) is 0 Å². The van der Waals surface area contributed by atoms with Crippen LogP contribution in [-0.2, 0) is 17.6 Å². The van der Waals surface area contributed by atoms with Gasteiger partial charge in [-0.1, -0.05) is 6.42 Å². The normalized spacial score (nSPS) is 17.5. The number of ether oxygens (including phenoxy) is 2. The van der Waals surface area contributed by atoms with E-state index in [1.54, 1.807) is 7.11 Å². The number of hydrogen-bond donors (Lipinski definition) is 2. The van der Waals surface area contributed by atoms with Gasteiger partial charge in [-0.3, -0.25) is 0 Å². The summed E-state index contributed by atoms with van der Waals surface area (Å²) in [6.45, 7) is 3.94. The second-order valence-electron chi connectivity index (χ2n) is 6.14. The van der Waals surface area contributed by atoms with Gasteiger partial charge in [0.2, 0.25) is 0 Å². The first-order chi connectivity index (χ1) is 10.9. The van der Waals surface area contributed by atoms with Gasteiger partial charge in [0, 0.05) is 43.6 Å². The molecule has 2 N–H and O–H groups in total. The van der Waals surface area contributed by atoms with E-state index >= 15 is 0 Å². The smallest absolute Gasteiger partial charge is 0.133 e. The molecule has 0 aliphatic carbocycles. The van der Waals surface area contributed by atoms with Crippen molar-refractivity contribution in [3.63, 3.8) is 0 Å². The number of methoxy groups -OCH3 is 1. The summed E-state index contributed by atoms with van der Waals surface area (Å²) in [5.74, 6) is 2.02. The van der Waals surface area contributed by atoms with Gasteiger partial charge in [0.1, 0.15) is 11.6 Å². The van der Waals surface area contributed by atoms with Crippen molar-refractivity contribution < 1.29 is 9.47 Å². The summed E-state index contributed by atoms with van der Waals surface area (Å²) in [6.07, 6.45) is 7.16. The Morgan fingerprint density at radius 3 is 2.95 bits per heavy atom. The molecule has 0 aromatic carbocycles. The SMILES string of the molecule is COc1cc(CCCCCOC2CNC2)nc2c1CCCN2. The number of aryl methyl sites for hydroxylation is 1. The van der Waals surface area contributed by atoms with E-state index in [1.165, 1.54) is 12.0 Å². The van der Waals surface area contributed by atoms with Crippen LogP contribution in [0.3, 0.4) is 0 Å². The molecular formula is C17H27N3O2. The minimum Gasteiger partial charge on any atom is -0.496 e. The van der Waals surface area contributed by atoms with Crippen molar-refractivity contribution in [2.75, 3.05) is 38.7 Å². The molecule has 5 nitrogen and oxygen atoms in total. The highest BCUT2D eigenvalue weighted by Gasteiger charge is 2.17. The molecule has 0 unspecified atom stereocenters. The third kappa shape index (κ3) is 3.90. The number of fused-ring (bicyclic) bond motifs is 1. The van der Waals surface area contributed by atoms with Crippen LogP contribution >= 0.6 is 0 Å².